The Morgan fingerprint density at radius 2 is 1.74 bits per heavy atom. The Balaban J connectivity index is 1.66. The van der Waals surface area contributed by atoms with Crippen molar-refractivity contribution >= 4 is 38.9 Å². The number of benzene rings is 1. The molecule has 1 fully saturated rings. The monoisotopic (exact) mass is 450 g/mol. The fraction of sp³-hybridized carbons (Fsp3) is 0.368. The van der Waals surface area contributed by atoms with Crippen LogP contribution in [-0.2, 0) is 19.6 Å². The maximum absolute atomic E-state index is 13.1. The van der Waals surface area contributed by atoms with Crippen molar-refractivity contribution in [1.29, 1.82) is 0 Å². The lowest BCUT2D eigenvalue weighted by Gasteiger charge is -2.34. The Morgan fingerprint density at radius 3 is 2.39 bits per heavy atom. The molecule has 2 amide bonds. The molecule has 2 heterocycles. The number of piperazine rings is 1. The fourth-order valence-electron chi connectivity index (χ4n) is 3.32. The molecule has 2 aromatic rings. The normalized spacial score (nSPS) is 16.1. The van der Waals surface area contributed by atoms with E-state index in [2.05, 4.69) is 10.3 Å². The number of carbonyl (C=O) groups is 3. The number of hydrogen-bond acceptors (Lipinski definition) is 6. The molecule has 0 radical (unpaired) electrons. The average Bonchev–Trinajstić information content (AvgIpc) is 2.75. The summed E-state index contributed by atoms with van der Waals surface area (Å²) in [7, 11) is -3.84. The summed E-state index contributed by atoms with van der Waals surface area (Å²) < 4.78 is 27.5. The minimum absolute atomic E-state index is 0.0336. The zero-order valence-corrected chi connectivity index (χ0v) is 17.3. The first-order chi connectivity index (χ1) is 14.7. The number of urea groups is 1. The first kappa shape index (κ1) is 22.4. The molecule has 12 heteroatoms. The number of nitrogens with one attached hydrogen (secondary N) is 1. The number of carboxylic acids is 2. The van der Waals surface area contributed by atoms with E-state index in [0.717, 1.165) is 0 Å². The van der Waals surface area contributed by atoms with Gasteiger partial charge in [-0.3, -0.25) is 9.78 Å². The van der Waals surface area contributed by atoms with Gasteiger partial charge in [-0.2, -0.15) is 4.31 Å². The highest BCUT2D eigenvalue weighted by Gasteiger charge is 2.32. The van der Waals surface area contributed by atoms with Crippen LogP contribution in [0.4, 0.5) is 4.79 Å². The third kappa shape index (κ3) is 5.09. The maximum Gasteiger partial charge on any atom is 0.326 e. The summed E-state index contributed by atoms with van der Waals surface area (Å²) in [6, 6.07) is 6.37. The minimum atomic E-state index is -3.84. The first-order valence-electron chi connectivity index (χ1n) is 9.54. The number of hydrogen-bond donors (Lipinski definition) is 3. The number of sulfonamides is 1. The molecule has 1 aliphatic rings. The van der Waals surface area contributed by atoms with Crippen LogP contribution in [-0.4, -0.2) is 83.0 Å². The Labute approximate surface area is 178 Å². The highest BCUT2D eigenvalue weighted by molar-refractivity contribution is 7.89. The zero-order chi connectivity index (χ0) is 22.6. The Kier molecular flexibility index (Phi) is 6.71. The van der Waals surface area contributed by atoms with Crippen LogP contribution in [0.5, 0.6) is 0 Å². The number of pyridine rings is 1. The maximum atomic E-state index is 13.1. The minimum Gasteiger partial charge on any atom is -0.481 e. The van der Waals surface area contributed by atoms with Crippen molar-refractivity contribution in [2.45, 2.75) is 23.8 Å². The molecule has 1 aromatic heterocycles. The Morgan fingerprint density at radius 1 is 1.06 bits per heavy atom. The van der Waals surface area contributed by atoms with E-state index in [1.165, 1.54) is 21.5 Å². The van der Waals surface area contributed by atoms with E-state index in [0.29, 0.717) is 10.9 Å². The summed E-state index contributed by atoms with van der Waals surface area (Å²) >= 11 is 0. The van der Waals surface area contributed by atoms with Gasteiger partial charge in [-0.25, -0.2) is 18.0 Å². The van der Waals surface area contributed by atoms with Crippen LogP contribution in [0, 0.1) is 0 Å². The molecule has 0 aliphatic carbocycles. The molecule has 0 bridgehead atoms. The molecule has 166 valence electrons. The van der Waals surface area contributed by atoms with Crippen LogP contribution in [0.3, 0.4) is 0 Å². The SMILES string of the molecule is O=C(O)CCC(NC(=O)N1CCN(S(=O)(=O)c2cccc3cccnc23)CC1)C(=O)O. The van der Waals surface area contributed by atoms with E-state index in [4.69, 9.17) is 5.11 Å². The molecule has 1 saturated heterocycles. The predicted octanol–water partition coefficient (Wildman–Crippen LogP) is 0.569. The van der Waals surface area contributed by atoms with E-state index < -0.39 is 40.5 Å². The zero-order valence-electron chi connectivity index (χ0n) is 16.5. The number of carbonyl (C=O) groups excluding carboxylic acids is 1. The number of fused-ring (bicyclic) bond motifs is 1. The van der Waals surface area contributed by atoms with Gasteiger partial charge in [0.1, 0.15) is 10.9 Å². The van der Waals surface area contributed by atoms with Crippen LogP contribution >= 0.6 is 0 Å². The van der Waals surface area contributed by atoms with E-state index in [1.54, 1.807) is 24.3 Å². The van der Waals surface area contributed by atoms with Gasteiger partial charge in [0.15, 0.2) is 0 Å². The van der Waals surface area contributed by atoms with E-state index in [-0.39, 0.29) is 37.5 Å². The highest BCUT2D eigenvalue weighted by atomic mass is 32.2. The molecule has 1 aliphatic heterocycles. The number of carboxylic acid groups (broad SMARTS) is 2. The number of amides is 2. The summed E-state index contributed by atoms with van der Waals surface area (Å²) in [5.41, 5.74) is 0.368. The summed E-state index contributed by atoms with van der Waals surface area (Å²) in [5.74, 6) is -2.50. The van der Waals surface area contributed by atoms with E-state index in [1.807, 2.05) is 0 Å². The lowest BCUT2D eigenvalue weighted by atomic mass is 10.1. The smallest absolute Gasteiger partial charge is 0.326 e. The molecule has 1 unspecified atom stereocenters. The topological polar surface area (TPSA) is 157 Å². The van der Waals surface area contributed by atoms with Crippen molar-refractivity contribution in [1.82, 2.24) is 19.5 Å². The summed E-state index contributed by atoms with van der Waals surface area (Å²) in [6.07, 6.45) is 0.869. The Bertz CT molecular complexity index is 1090. The van der Waals surface area contributed by atoms with Crippen LogP contribution < -0.4 is 5.32 Å². The van der Waals surface area contributed by atoms with Gasteiger partial charge < -0.3 is 20.4 Å². The largest absolute Gasteiger partial charge is 0.481 e. The van der Waals surface area contributed by atoms with Gasteiger partial charge in [0.25, 0.3) is 0 Å². The van der Waals surface area contributed by atoms with Crippen molar-refractivity contribution < 1.29 is 33.0 Å². The predicted molar refractivity (Wildman–Crippen MR) is 109 cm³/mol. The van der Waals surface area contributed by atoms with Crippen molar-refractivity contribution in [2.24, 2.45) is 0 Å². The third-order valence-corrected chi connectivity index (χ3v) is 6.91. The van der Waals surface area contributed by atoms with Crippen molar-refractivity contribution in [3.8, 4) is 0 Å². The molecular weight excluding hydrogens is 428 g/mol. The highest BCUT2D eigenvalue weighted by Crippen LogP contribution is 2.24. The molecule has 31 heavy (non-hydrogen) atoms. The molecule has 0 spiro atoms. The second-order valence-corrected chi connectivity index (χ2v) is 8.90. The van der Waals surface area contributed by atoms with Crippen LogP contribution in [0.2, 0.25) is 0 Å². The summed E-state index contributed by atoms with van der Waals surface area (Å²) in [5, 5.41) is 20.9. The van der Waals surface area contributed by atoms with E-state index >= 15 is 0 Å². The molecule has 1 aromatic carbocycles. The second kappa shape index (κ2) is 9.27. The fourth-order valence-corrected chi connectivity index (χ4v) is 4.91. The summed E-state index contributed by atoms with van der Waals surface area (Å²) in [4.78, 5) is 39.9. The summed E-state index contributed by atoms with van der Waals surface area (Å²) in [6.45, 7) is 0.195. The van der Waals surface area contributed by atoms with E-state index in [9.17, 15) is 27.9 Å². The van der Waals surface area contributed by atoms with Crippen molar-refractivity contribution in [3.63, 3.8) is 0 Å². The average molecular weight is 450 g/mol. The molecule has 1 atom stereocenters. The number of nitrogens with zero attached hydrogens (tertiary/aromatic N) is 3. The lowest BCUT2D eigenvalue weighted by molar-refractivity contribution is -0.140. The van der Waals surface area contributed by atoms with Crippen LogP contribution in [0.15, 0.2) is 41.4 Å². The van der Waals surface area contributed by atoms with Crippen molar-refractivity contribution in [3.05, 3.63) is 36.5 Å². The van der Waals surface area contributed by atoms with Crippen molar-refractivity contribution in [2.75, 3.05) is 26.2 Å². The quantitative estimate of drug-likeness (QED) is 0.552. The van der Waals surface area contributed by atoms with Gasteiger partial charge in [-0.05, 0) is 18.6 Å². The first-order valence-corrected chi connectivity index (χ1v) is 11.0. The van der Waals surface area contributed by atoms with Gasteiger partial charge in [0.05, 0.1) is 5.52 Å². The Hall–Kier alpha value is -3.25. The molecule has 3 N–H and O–H groups in total. The number of para-hydroxylation sites is 1. The third-order valence-electron chi connectivity index (χ3n) is 4.98. The standard InChI is InChI=1S/C19H22N4O7S/c24-16(25)7-6-14(18(26)27)21-19(28)22-9-11-23(12-10-22)31(29,30)15-5-1-3-13-4-2-8-20-17(13)15/h1-5,8,14H,6-7,9-12H2,(H,21,28)(H,24,25)(H,26,27). The molecule has 11 nitrogen and oxygen atoms in total. The molecule has 3 rings (SSSR count). The number of rotatable bonds is 7. The van der Waals surface area contributed by atoms with Crippen LogP contribution in [0.1, 0.15) is 12.8 Å². The number of aliphatic carboxylic acids is 2. The molecular formula is C19H22N4O7S. The second-order valence-electron chi connectivity index (χ2n) is 7.00. The molecule has 0 saturated carbocycles. The van der Waals surface area contributed by atoms with Gasteiger partial charge in [0.2, 0.25) is 10.0 Å². The van der Waals surface area contributed by atoms with Crippen LogP contribution in [0.25, 0.3) is 10.9 Å². The van der Waals surface area contributed by atoms with Gasteiger partial charge >= 0.3 is 18.0 Å². The van der Waals surface area contributed by atoms with Gasteiger partial charge in [0, 0.05) is 44.2 Å². The van der Waals surface area contributed by atoms with Gasteiger partial charge in [-0.15, -0.1) is 0 Å². The lowest BCUT2D eigenvalue weighted by Crippen LogP contribution is -2.55. The van der Waals surface area contributed by atoms with Gasteiger partial charge in [-0.1, -0.05) is 18.2 Å². The number of aromatic nitrogens is 1.